The van der Waals surface area contributed by atoms with Crippen molar-refractivity contribution in [3.8, 4) is 0 Å². The van der Waals surface area contributed by atoms with Gasteiger partial charge in [-0.25, -0.2) is 0 Å². The van der Waals surface area contributed by atoms with Gasteiger partial charge >= 0.3 is 0 Å². The topological polar surface area (TPSA) is 40.1 Å². The minimum absolute atomic E-state index is 0.111. The van der Waals surface area contributed by atoms with E-state index >= 15 is 0 Å². The Kier molecular flexibility index (Phi) is 10.1. The van der Waals surface area contributed by atoms with Crippen LogP contribution in [0.4, 0.5) is 0 Å². The van der Waals surface area contributed by atoms with Crippen molar-refractivity contribution in [1.82, 2.24) is 0 Å². The lowest BCUT2D eigenvalue weighted by Crippen LogP contribution is -2.19. The summed E-state index contributed by atoms with van der Waals surface area (Å²) in [7, 11) is 0.639. The van der Waals surface area contributed by atoms with Crippen LogP contribution in [-0.2, 0) is 15.7 Å². The van der Waals surface area contributed by atoms with E-state index in [2.05, 4.69) is 18.8 Å². The third-order valence-corrected chi connectivity index (χ3v) is 0.289. The SMILES string of the molecule is CCC(=O)[O-].C[S+](C)C. The molecule has 0 unspecified atom stereocenters. The average molecular weight is 150 g/mol. The van der Waals surface area contributed by atoms with E-state index in [0.29, 0.717) is 10.9 Å². The van der Waals surface area contributed by atoms with Crippen LogP contribution >= 0.6 is 0 Å². The Morgan fingerprint density at radius 2 is 1.56 bits per heavy atom. The maximum atomic E-state index is 9.26. The number of hydrogen-bond acceptors (Lipinski definition) is 2. The molecule has 56 valence electrons. The van der Waals surface area contributed by atoms with Gasteiger partial charge in [0.25, 0.3) is 0 Å². The number of hydrogen-bond donors (Lipinski definition) is 0. The first-order valence-electron chi connectivity index (χ1n) is 2.69. The second-order valence-corrected chi connectivity index (χ2v) is 4.40. The molecule has 0 saturated heterocycles. The molecule has 3 heteroatoms. The number of carbonyl (C=O) groups excluding carboxylic acids is 1. The highest BCUT2D eigenvalue weighted by Gasteiger charge is 1.77. The molecule has 0 aromatic rings. The van der Waals surface area contributed by atoms with Gasteiger partial charge in [0.1, 0.15) is 0 Å². The quantitative estimate of drug-likeness (QED) is 0.479. The van der Waals surface area contributed by atoms with Crippen molar-refractivity contribution in [2.24, 2.45) is 0 Å². The summed E-state index contributed by atoms with van der Waals surface area (Å²) in [6, 6.07) is 0. The standard InChI is InChI=1S/C3H6O2.C3H9S/c1-2-3(4)5;1-4(2)3/h2H2,1H3,(H,4,5);1-3H3/q;+1/p-1. The molecule has 0 atom stereocenters. The number of carbonyl (C=O) groups is 1. The molecule has 0 aliphatic heterocycles. The normalized spacial score (nSPS) is 8.11. The first-order valence-corrected chi connectivity index (χ1v) is 5.14. The zero-order valence-corrected chi connectivity index (χ0v) is 7.25. The highest BCUT2D eigenvalue weighted by atomic mass is 32.2. The molecule has 0 N–H and O–H groups in total. The number of rotatable bonds is 1. The average Bonchev–Trinajstić information content (AvgIpc) is 1.65. The summed E-state index contributed by atoms with van der Waals surface area (Å²) >= 11 is 0. The van der Waals surface area contributed by atoms with Gasteiger partial charge in [0.2, 0.25) is 0 Å². The Hall–Kier alpha value is -0.180. The molecule has 0 saturated carbocycles. The zero-order valence-electron chi connectivity index (χ0n) is 6.43. The highest BCUT2D eigenvalue weighted by Crippen LogP contribution is 1.63. The van der Waals surface area contributed by atoms with Crippen LogP contribution in [0.3, 0.4) is 0 Å². The predicted octanol–water partition coefficient (Wildman–Crippen LogP) is -0.360. The number of carboxylic acids is 1. The zero-order chi connectivity index (χ0) is 7.86. The van der Waals surface area contributed by atoms with Crippen LogP contribution in [0.5, 0.6) is 0 Å². The largest absolute Gasteiger partial charge is 0.550 e. The van der Waals surface area contributed by atoms with Gasteiger partial charge in [0.15, 0.2) is 0 Å². The van der Waals surface area contributed by atoms with E-state index in [0.717, 1.165) is 0 Å². The fourth-order valence-corrected chi connectivity index (χ4v) is 0. The first kappa shape index (κ1) is 11.6. The lowest BCUT2D eigenvalue weighted by Gasteiger charge is -1.87. The molecule has 0 aliphatic rings. The van der Waals surface area contributed by atoms with Crippen LogP contribution in [0.15, 0.2) is 0 Å². The van der Waals surface area contributed by atoms with Gasteiger partial charge in [-0.2, -0.15) is 0 Å². The summed E-state index contributed by atoms with van der Waals surface area (Å²) in [5.74, 6) is -0.995. The molecule has 0 bridgehead atoms. The monoisotopic (exact) mass is 150 g/mol. The maximum Gasteiger partial charge on any atom is 0.0969 e. The molecule has 2 nitrogen and oxygen atoms in total. The van der Waals surface area contributed by atoms with Gasteiger partial charge in [-0.05, 0) is 17.3 Å². The Morgan fingerprint density at radius 3 is 1.56 bits per heavy atom. The Bertz CT molecular complexity index is 68.7. The second-order valence-electron chi connectivity index (χ2n) is 1.95. The lowest BCUT2D eigenvalue weighted by molar-refractivity contribution is -0.305. The van der Waals surface area contributed by atoms with E-state index in [1.165, 1.54) is 6.92 Å². The van der Waals surface area contributed by atoms with Crippen LogP contribution in [0.25, 0.3) is 0 Å². The van der Waals surface area contributed by atoms with Gasteiger partial charge in [-0.15, -0.1) is 0 Å². The van der Waals surface area contributed by atoms with Gasteiger partial charge in [0, 0.05) is 5.97 Å². The van der Waals surface area contributed by atoms with Crippen molar-refractivity contribution in [3.63, 3.8) is 0 Å². The summed E-state index contributed by atoms with van der Waals surface area (Å²) in [6.07, 6.45) is 6.69. The van der Waals surface area contributed by atoms with Crippen LogP contribution < -0.4 is 5.11 Å². The van der Waals surface area contributed by atoms with Crippen LogP contribution in [0.1, 0.15) is 13.3 Å². The molecule has 0 heterocycles. The van der Waals surface area contributed by atoms with Crippen LogP contribution in [0.2, 0.25) is 0 Å². The van der Waals surface area contributed by atoms with Gasteiger partial charge in [-0.1, -0.05) is 6.92 Å². The van der Waals surface area contributed by atoms with Crippen molar-refractivity contribution < 1.29 is 9.90 Å². The molecule has 0 fully saturated rings. The van der Waals surface area contributed by atoms with E-state index < -0.39 is 5.97 Å². The van der Waals surface area contributed by atoms with Gasteiger partial charge < -0.3 is 9.90 Å². The van der Waals surface area contributed by atoms with Gasteiger partial charge in [-0.3, -0.25) is 0 Å². The summed E-state index contributed by atoms with van der Waals surface area (Å²) in [5, 5.41) is 9.26. The predicted molar refractivity (Wildman–Crippen MR) is 40.4 cm³/mol. The van der Waals surface area contributed by atoms with Gasteiger partial charge in [0.05, 0.1) is 18.8 Å². The molecular weight excluding hydrogens is 136 g/mol. The van der Waals surface area contributed by atoms with Crippen molar-refractivity contribution in [1.29, 1.82) is 0 Å². The van der Waals surface area contributed by atoms with E-state index in [4.69, 9.17) is 0 Å². The minimum atomic E-state index is -0.995. The second kappa shape index (κ2) is 7.82. The van der Waals surface area contributed by atoms with E-state index in [-0.39, 0.29) is 6.42 Å². The third kappa shape index (κ3) is 80.0. The number of aliphatic carboxylic acids is 1. The summed E-state index contributed by atoms with van der Waals surface area (Å²) in [6.45, 7) is 1.54. The molecular formula is C6H14O2S. The van der Waals surface area contributed by atoms with Crippen molar-refractivity contribution in [2.45, 2.75) is 13.3 Å². The van der Waals surface area contributed by atoms with Crippen molar-refractivity contribution in [3.05, 3.63) is 0 Å². The van der Waals surface area contributed by atoms with Crippen molar-refractivity contribution in [2.75, 3.05) is 18.8 Å². The Labute approximate surface area is 59.6 Å². The molecule has 0 radical (unpaired) electrons. The minimum Gasteiger partial charge on any atom is -0.550 e. The molecule has 9 heavy (non-hydrogen) atoms. The Morgan fingerprint density at radius 1 is 1.44 bits per heavy atom. The maximum absolute atomic E-state index is 9.26. The molecule has 0 aromatic carbocycles. The summed E-state index contributed by atoms with van der Waals surface area (Å²) in [4.78, 5) is 9.26. The Balaban J connectivity index is 0. The van der Waals surface area contributed by atoms with E-state index in [1.807, 2.05) is 0 Å². The third-order valence-electron chi connectivity index (χ3n) is 0.289. The highest BCUT2D eigenvalue weighted by molar-refractivity contribution is 7.94. The van der Waals surface area contributed by atoms with E-state index in [9.17, 15) is 9.90 Å². The van der Waals surface area contributed by atoms with Crippen molar-refractivity contribution >= 4 is 16.9 Å². The molecule has 0 amide bonds. The fourth-order valence-electron chi connectivity index (χ4n) is 0. The molecule has 0 aliphatic carbocycles. The van der Waals surface area contributed by atoms with Crippen LogP contribution in [0, 0.1) is 0 Å². The first-order chi connectivity index (χ1) is 4.00. The molecule has 0 rings (SSSR count). The fraction of sp³-hybridized carbons (Fsp3) is 0.833. The lowest BCUT2D eigenvalue weighted by atomic mass is 10.5. The van der Waals surface area contributed by atoms with Crippen LogP contribution in [-0.4, -0.2) is 24.7 Å². The number of carboxylic acid groups (broad SMARTS) is 1. The summed E-state index contributed by atoms with van der Waals surface area (Å²) in [5.41, 5.74) is 0. The molecule has 0 spiro atoms. The molecule has 0 aromatic heterocycles. The smallest absolute Gasteiger partial charge is 0.0969 e. The summed E-state index contributed by atoms with van der Waals surface area (Å²) < 4.78 is 0. The van der Waals surface area contributed by atoms with E-state index in [1.54, 1.807) is 0 Å².